The van der Waals surface area contributed by atoms with Crippen molar-refractivity contribution >= 4 is 35.9 Å². The number of halogens is 1. The Bertz CT molecular complexity index is 627. The van der Waals surface area contributed by atoms with Crippen molar-refractivity contribution in [2.24, 2.45) is 4.99 Å². The Morgan fingerprint density at radius 2 is 2.08 bits per heavy atom. The minimum absolute atomic E-state index is 0. The molecule has 0 spiro atoms. The molecule has 1 aliphatic heterocycles. The van der Waals surface area contributed by atoms with E-state index in [0.717, 1.165) is 38.3 Å². The summed E-state index contributed by atoms with van der Waals surface area (Å²) in [5.74, 6) is 1.30. The summed E-state index contributed by atoms with van der Waals surface area (Å²) in [6.07, 6.45) is 1.86. The molecule has 26 heavy (non-hydrogen) atoms. The number of aliphatic imine (C=N–C) groups is 1. The largest absolute Gasteiger partial charge is 0.493 e. The van der Waals surface area contributed by atoms with Crippen LogP contribution in [0.3, 0.4) is 0 Å². The highest BCUT2D eigenvalue weighted by atomic mass is 127. The molecule has 146 valence electrons. The predicted molar refractivity (Wildman–Crippen MR) is 115 cm³/mol. The van der Waals surface area contributed by atoms with Gasteiger partial charge in [0.25, 0.3) is 0 Å². The van der Waals surface area contributed by atoms with Crippen LogP contribution < -0.4 is 15.4 Å². The molecule has 0 saturated carbocycles. The number of fused-ring (bicyclic) bond motifs is 1. The smallest absolute Gasteiger partial charge is 0.328 e. The van der Waals surface area contributed by atoms with Crippen LogP contribution in [0.4, 0.5) is 0 Å². The lowest BCUT2D eigenvalue weighted by molar-refractivity contribution is -0.152. The Hall–Kier alpha value is -1.51. The first-order valence-electron chi connectivity index (χ1n) is 8.86. The van der Waals surface area contributed by atoms with Crippen molar-refractivity contribution in [1.82, 2.24) is 10.6 Å². The minimum atomic E-state index is -0.490. The number of carbonyl (C=O) groups is 1. The summed E-state index contributed by atoms with van der Waals surface area (Å²) in [5.41, 5.74) is 2.05. The second-order valence-corrected chi connectivity index (χ2v) is 7.00. The maximum atomic E-state index is 11.8. The fourth-order valence-electron chi connectivity index (χ4n) is 2.58. The Kier molecular flexibility index (Phi) is 9.18. The molecule has 0 aromatic heterocycles. The van der Waals surface area contributed by atoms with Gasteiger partial charge in [0.2, 0.25) is 0 Å². The first-order valence-corrected chi connectivity index (χ1v) is 8.86. The lowest BCUT2D eigenvalue weighted by atomic mass is 10.1. The first kappa shape index (κ1) is 22.5. The molecule has 2 rings (SSSR count). The summed E-state index contributed by atoms with van der Waals surface area (Å²) in [5, 5.41) is 6.39. The standard InChI is InChI=1S/C19H29N3O3.HI/c1-5-20-18(22-13-17(23)25-19(2,3)4)21-10-8-14-6-7-16-15(12-14)9-11-24-16;/h6-7,12H,5,8-11,13H2,1-4H3,(H2,20,21,22);1H. The summed E-state index contributed by atoms with van der Waals surface area (Å²) in [6.45, 7) is 9.78. The van der Waals surface area contributed by atoms with Gasteiger partial charge < -0.3 is 20.1 Å². The van der Waals surface area contributed by atoms with Crippen molar-refractivity contribution in [3.63, 3.8) is 0 Å². The molecule has 0 amide bonds. The van der Waals surface area contributed by atoms with Crippen molar-refractivity contribution in [3.05, 3.63) is 29.3 Å². The summed E-state index contributed by atoms with van der Waals surface area (Å²) in [7, 11) is 0. The molecule has 0 saturated heterocycles. The first-order chi connectivity index (χ1) is 11.9. The molecule has 1 aromatic carbocycles. The number of ether oxygens (including phenoxy) is 2. The van der Waals surface area contributed by atoms with Gasteiger partial charge >= 0.3 is 5.97 Å². The maximum absolute atomic E-state index is 11.8. The van der Waals surface area contributed by atoms with E-state index in [4.69, 9.17) is 9.47 Å². The quantitative estimate of drug-likeness (QED) is 0.287. The van der Waals surface area contributed by atoms with Crippen LogP contribution >= 0.6 is 24.0 Å². The monoisotopic (exact) mass is 475 g/mol. The third-order valence-electron chi connectivity index (χ3n) is 3.59. The van der Waals surface area contributed by atoms with Gasteiger partial charge in [-0.3, -0.25) is 4.79 Å². The SMILES string of the molecule is CCNC(=NCC(=O)OC(C)(C)C)NCCc1ccc2c(c1)CCO2.I. The summed E-state index contributed by atoms with van der Waals surface area (Å²) in [4.78, 5) is 16.1. The minimum Gasteiger partial charge on any atom is -0.493 e. The van der Waals surface area contributed by atoms with Gasteiger partial charge in [-0.2, -0.15) is 0 Å². The van der Waals surface area contributed by atoms with Crippen LogP contribution in [0.1, 0.15) is 38.8 Å². The van der Waals surface area contributed by atoms with Crippen molar-refractivity contribution in [2.75, 3.05) is 26.2 Å². The van der Waals surface area contributed by atoms with Crippen molar-refractivity contribution in [3.8, 4) is 5.75 Å². The van der Waals surface area contributed by atoms with E-state index in [1.165, 1.54) is 11.1 Å². The molecular formula is C19H30IN3O3. The highest BCUT2D eigenvalue weighted by molar-refractivity contribution is 14.0. The van der Waals surface area contributed by atoms with Crippen LogP contribution in [-0.2, 0) is 22.4 Å². The van der Waals surface area contributed by atoms with Crippen LogP contribution in [-0.4, -0.2) is 43.8 Å². The van der Waals surface area contributed by atoms with Crippen molar-refractivity contribution < 1.29 is 14.3 Å². The number of rotatable bonds is 6. The third kappa shape index (κ3) is 7.80. The number of hydrogen-bond donors (Lipinski definition) is 2. The van der Waals surface area contributed by atoms with Crippen LogP contribution in [0, 0.1) is 0 Å². The molecule has 7 heteroatoms. The maximum Gasteiger partial charge on any atom is 0.328 e. The second-order valence-electron chi connectivity index (χ2n) is 7.00. The zero-order valence-corrected chi connectivity index (χ0v) is 18.4. The number of nitrogens with zero attached hydrogens (tertiary/aromatic N) is 1. The van der Waals surface area contributed by atoms with Gasteiger partial charge in [0, 0.05) is 19.5 Å². The predicted octanol–water partition coefficient (Wildman–Crippen LogP) is 2.68. The van der Waals surface area contributed by atoms with Crippen molar-refractivity contribution in [1.29, 1.82) is 0 Å². The zero-order chi connectivity index (χ0) is 18.3. The number of nitrogens with one attached hydrogen (secondary N) is 2. The molecule has 2 N–H and O–H groups in total. The van der Waals surface area contributed by atoms with Gasteiger partial charge in [-0.05, 0) is 51.3 Å². The van der Waals surface area contributed by atoms with E-state index in [2.05, 4.69) is 27.8 Å². The van der Waals surface area contributed by atoms with Gasteiger partial charge in [0.15, 0.2) is 5.96 Å². The summed E-state index contributed by atoms with van der Waals surface area (Å²) in [6, 6.07) is 6.34. The molecule has 1 aliphatic rings. The molecular weight excluding hydrogens is 445 g/mol. The van der Waals surface area contributed by atoms with Crippen LogP contribution in [0.15, 0.2) is 23.2 Å². The molecule has 1 heterocycles. The van der Waals surface area contributed by atoms with Gasteiger partial charge in [-0.1, -0.05) is 12.1 Å². The van der Waals surface area contributed by atoms with E-state index in [0.29, 0.717) is 5.96 Å². The van der Waals surface area contributed by atoms with E-state index in [1.807, 2.05) is 33.8 Å². The van der Waals surface area contributed by atoms with E-state index in [1.54, 1.807) is 0 Å². The topological polar surface area (TPSA) is 72.0 Å². The zero-order valence-electron chi connectivity index (χ0n) is 16.1. The molecule has 0 radical (unpaired) electrons. The van der Waals surface area contributed by atoms with Gasteiger partial charge in [0.05, 0.1) is 6.61 Å². The Morgan fingerprint density at radius 3 is 2.77 bits per heavy atom. The lowest BCUT2D eigenvalue weighted by Crippen LogP contribution is -2.39. The summed E-state index contributed by atoms with van der Waals surface area (Å²) < 4.78 is 10.8. The fraction of sp³-hybridized carbons (Fsp3) is 0.579. The van der Waals surface area contributed by atoms with E-state index < -0.39 is 5.60 Å². The third-order valence-corrected chi connectivity index (χ3v) is 3.59. The molecule has 1 aromatic rings. The number of esters is 1. The fourth-order valence-corrected chi connectivity index (χ4v) is 2.58. The lowest BCUT2D eigenvalue weighted by Gasteiger charge is -2.19. The van der Waals surface area contributed by atoms with Crippen LogP contribution in [0.5, 0.6) is 5.75 Å². The highest BCUT2D eigenvalue weighted by Crippen LogP contribution is 2.25. The Morgan fingerprint density at radius 1 is 1.31 bits per heavy atom. The number of guanidine groups is 1. The highest BCUT2D eigenvalue weighted by Gasteiger charge is 2.16. The van der Waals surface area contributed by atoms with Crippen LogP contribution in [0.25, 0.3) is 0 Å². The van der Waals surface area contributed by atoms with E-state index >= 15 is 0 Å². The molecule has 0 atom stereocenters. The molecule has 0 bridgehead atoms. The van der Waals surface area contributed by atoms with E-state index in [-0.39, 0.29) is 36.5 Å². The Labute approximate surface area is 173 Å². The summed E-state index contributed by atoms with van der Waals surface area (Å²) >= 11 is 0. The Balaban J connectivity index is 0.00000338. The van der Waals surface area contributed by atoms with Gasteiger partial charge in [-0.25, -0.2) is 4.99 Å². The molecule has 0 aliphatic carbocycles. The van der Waals surface area contributed by atoms with Gasteiger partial charge in [-0.15, -0.1) is 24.0 Å². The van der Waals surface area contributed by atoms with Crippen molar-refractivity contribution in [2.45, 2.75) is 46.1 Å². The molecule has 0 fully saturated rings. The molecule has 6 nitrogen and oxygen atoms in total. The normalized spacial score (nSPS) is 13.3. The number of hydrogen-bond acceptors (Lipinski definition) is 4. The number of benzene rings is 1. The average molecular weight is 475 g/mol. The van der Waals surface area contributed by atoms with Crippen LogP contribution in [0.2, 0.25) is 0 Å². The molecule has 0 unspecified atom stereocenters. The average Bonchev–Trinajstić information content (AvgIpc) is 2.98. The number of carbonyl (C=O) groups excluding carboxylic acids is 1. The van der Waals surface area contributed by atoms with Gasteiger partial charge in [0.1, 0.15) is 17.9 Å². The van der Waals surface area contributed by atoms with E-state index in [9.17, 15) is 4.79 Å². The second kappa shape index (κ2) is 10.6.